The molecule has 1 aliphatic heterocycles. The molecule has 7 heteroatoms. The van der Waals surface area contributed by atoms with Gasteiger partial charge in [-0.15, -0.1) is 11.3 Å². The number of carbonyl (C=O) groups is 2. The van der Waals surface area contributed by atoms with Gasteiger partial charge in [-0.25, -0.2) is 4.79 Å². The summed E-state index contributed by atoms with van der Waals surface area (Å²) in [5.41, 5.74) is 3.70. The van der Waals surface area contributed by atoms with Crippen molar-refractivity contribution in [2.24, 2.45) is 0 Å². The minimum atomic E-state index is -0.363. The van der Waals surface area contributed by atoms with Crippen LogP contribution in [0, 0.1) is 0 Å². The summed E-state index contributed by atoms with van der Waals surface area (Å²) in [6.45, 7) is 4.79. The molecule has 1 unspecified atom stereocenters. The first kappa shape index (κ1) is 22.5. The Morgan fingerprint density at radius 2 is 1.84 bits per heavy atom. The molecule has 1 atom stereocenters. The molecule has 2 aromatic carbocycles. The Hall–Kier alpha value is -2.67. The molecular weight excluding hydrogens is 444 g/mol. The lowest BCUT2D eigenvalue weighted by Crippen LogP contribution is -3.10. The van der Waals surface area contributed by atoms with Crippen LogP contribution in [0.1, 0.15) is 38.8 Å². The van der Waals surface area contributed by atoms with Gasteiger partial charge in [-0.2, -0.15) is 0 Å². The molecule has 0 spiro atoms. The maximum atomic E-state index is 12.8. The summed E-state index contributed by atoms with van der Waals surface area (Å²) in [4.78, 5) is 28.1. The van der Waals surface area contributed by atoms with Gasteiger partial charge in [0.05, 0.1) is 30.0 Å². The predicted molar refractivity (Wildman–Crippen MR) is 127 cm³/mol. The number of halogens is 1. The highest BCUT2D eigenvalue weighted by Gasteiger charge is 2.31. The Morgan fingerprint density at radius 3 is 2.56 bits per heavy atom. The lowest BCUT2D eigenvalue weighted by molar-refractivity contribution is -0.929. The summed E-state index contributed by atoms with van der Waals surface area (Å²) in [5, 5.41) is 4.19. The standard InChI is InChI=1S/C25H25ClN2O3S/c1-2-31-25(30)23-20-12-13-28(15-18-6-4-3-5-7-18)16-21(20)32-24(23)27-22(29)14-17-8-10-19(26)11-9-17/h3-11H,2,12-16H2,1H3,(H,27,29)/p+1. The van der Waals surface area contributed by atoms with Crippen molar-refractivity contribution in [3.8, 4) is 0 Å². The molecule has 1 aromatic heterocycles. The van der Waals surface area contributed by atoms with Gasteiger partial charge in [0, 0.05) is 17.0 Å². The van der Waals surface area contributed by atoms with E-state index >= 15 is 0 Å². The maximum Gasteiger partial charge on any atom is 0.341 e. The van der Waals surface area contributed by atoms with Gasteiger partial charge >= 0.3 is 5.97 Å². The molecule has 2 N–H and O–H groups in total. The van der Waals surface area contributed by atoms with Crippen LogP contribution in [-0.4, -0.2) is 25.0 Å². The van der Waals surface area contributed by atoms with Crippen molar-refractivity contribution >= 4 is 39.8 Å². The van der Waals surface area contributed by atoms with Crippen LogP contribution in [0.5, 0.6) is 0 Å². The van der Waals surface area contributed by atoms with E-state index in [9.17, 15) is 9.59 Å². The van der Waals surface area contributed by atoms with Crippen LogP contribution >= 0.6 is 22.9 Å². The second kappa shape index (κ2) is 10.3. The van der Waals surface area contributed by atoms with Crippen molar-refractivity contribution in [2.45, 2.75) is 32.9 Å². The van der Waals surface area contributed by atoms with Crippen LogP contribution in [0.3, 0.4) is 0 Å². The third-order valence-corrected chi connectivity index (χ3v) is 6.94. The fourth-order valence-electron chi connectivity index (χ4n) is 4.04. The van der Waals surface area contributed by atoms with Gasteiger partial charge < -0.3 is 15.0 Å². The molecule has 3 aromatic rings. The number of nitrogens with one attached hydrogen (secondary N) is 2. The van der Waals surface area contributed by atoms with Crippen LogP contribution in [0.2, 0.25) is 5.02 Å². The van der Waals surface area contributed by atoms with Gasteiger partial charge in [-0.05, 0) is 30.2 Å². The van der Waals surface area contributed by atoms with Crippen molar-refractivity contribution in [2.75, 3.05) is 18.5 Å². The number of hydrogen-bond donors (Lipinski definition) is 2. The monoisotopic (exact) mass is 469 g/mol. The van der Waals surface area contributed by atoms with Crippen molar-refractivity contribution in [1.29, 1.82) is 0 Å². The molecule has 2 heterocycles. The number of rotatable bonds is 7. The number of ether oxygens (including phenoxy) is 1. The van der Waals surface area contributed by atoms with Gasteiger partial charge in [0.1, 0.15) is 18.1 Å². The second-order valence-electron chi connectivity index (χ2n) is 7.87. The van der Waals surface area contributed by atoms with Crippen LogP contribution in [0.25, 0.3) is 0 Å². The summed E-state index contributed by atoms with van der Waals surface area (Å²) in [5.74, 6) is -0.525. The molecule has 0 saturated heterocycles. The lowest BCUT2D eigenvalue weighted by atomic mass is 10.0. The van der Waals surface area contributed by atoms with E-state index < -0.39 is 0 Å². The number of anilines is 1. The molecule has 32 heavy (non-hydrogen) atoms. The number of quaternary nitrogens is 1. The molecule has 166 valence electrons. The van der Waals surface area contributed by atoms with Gasteiger partial charge in [-0.1, -0.05) is 54.1 Å². The van der Waals surface area contributed by atoms with E-state index in [0.717, 1.165) is 42.1 Å². The Balaban J connectivity index is 1.53. The molecule has 5 nitrogen and oxygen atoms in total. The minimum Gasteiger partial charge on any atom is -0.462 e. The zero-order chi connectivity index (χ0) is 22.5. The zero-order valence-electron chi connectivity index (χ0n) is 17.9. The third-order valence-electron chi connectivity index (χ3n) is 5.54. The van der Waals surface area contributed by atoms with Crippen molar-refractivity contribution in [3.63, 3.8) is 0 Å². The average Bonchev–Trinajstić information content (AvgIpc) is 3.13. The van der Waals surface area contributed by atoms with Crippen molar-refractivity contribution < 1.29 is 19.2 Å². The number of benzene rings is 2. The summed E-state index contributed by atoms with van der Waals surface area (Å²) in [7, 11) is 0. The fraction of sp³-hybridized carbons (Fsp3) is 0.280. The zero-order valence-corrected chi connectivity index (χ0v) is 19.5. The number of esters is 1. The third kappa shape index (κ3) is 5.38. The molecule has 0 bridgehead atoms. The average molecular weight is 470 g/mol. The van der Waals surface area contributed by atoms with Crippen LogP contribution < -0.4 is 10.2 Å². The Kier molecular flexibility index (Phi) is 7.25. The summed E-state index contributed by atoms with van der Waals surface area (Å²) >= 11 is 7.43. The smallest absolute Gasteiger partial charge is 0.341 e. The maximum absolute atomic E-state index is 12.8. The highest BCUT2D eigenvalue weighted by molar-refractivity contribution is 7.17. The number of hydrogen-bond acceptors (Lipinski definition) is 4. The van der Waals surface area contributed by atoms with Gasteiger partial charge in [0.15, 0.2) is 0 Å². The van der Waals surface area contributed by atoms with Gasteiger partial charge in [0.2, 0.25) is 5.91 Å². The molecule has 1 aliphatic rings. The van der Waals surface area contributed by atoms with Crippen LogP contribution in [0.15, 0.2) is 54.6 Å². The van der Waals surface area contributed by atoms with E-state index in [1.54, 1.807) is 19.1 Å². The first-order chi connectivity index (χ1) is 15.5. The van der Waals surface area contributed by atoms with E-state index in [0.29, 0.717) is 22.2 Å². The summed E-state index contributed by atoms with van der Waals surface area (Å²) in [6.07, 6.45) is 1.00. The summed E-state index contributed by atoms with van der Waals surface area (Å²) < 4.78 is 5.32. The number of amides is 1. The Bertz CT molecular complexity index is 1100. The SMILES string of the molecule is CCOC(=O)c1c(NC(=O)Cc2ccc(Cl)cc2)sc2c1CC[NH+](Cc1ccccc1)C2. The van der Waals surface area contributed by atoms with Crippen molar-refractivity contribution in [1.82, 2.24) is 0 Å². The van der Waals surface area contributed by atoms with E-state index in [4.69, 9.17) is 16.3 Å². The van der Waals surface area contributed by atoms with E-state index in [-0.39, 0.29) is 18.3 Å². The van der Waals surface area contributed by atoms with E-state index in [2.05, 4.69) is 29.6 Å². The minimum absolute atomic E-state index is 0.162. The van der Waals surface area contributed by atoms with Crippen LogP contribution in [-0.2, 0) is 35.5 Å². The Labute approximate surface area is 197 Å². The molecule has 1 amide bonds. The summed E-state index contributed by atoms with van der Waals surface area (Å²) in [6, 6.07) is 17.6. The topological polar surface area (TPSA) is 59.8 Å². The Morgan fingerprint density at radius 1 is 1.09 bits per heavy atom. The van der Waals surface area contributed by atoms with E-state index in [1.807, 2.05) is 18.2 Å². The highest BCUT2D eigenvalue weighted by Crippen LogP contribution is 2.35. The lowest BCUT2D eigenvalue weighted by Gasteiger charge is -2.24. The largest absolute Gasteiger partial charge is 0.462 e. The van der Waals surface area contributed by atoms with Crippen LogP contribution in [0.4, 0.5) is 5.00 Å². The van der Waals surface area contributed by atoms with Gasteiger partial charge in [0.25, 0.3) is 0 Å². The molecule has 0 radical (unpaired) electrons. The molecule has 0 saturated carbocycles. The first-order valence-electron chi connectivity index (χ1n) is 10.8. The quantitative estimate of drug-likeness (QED) is 0.516. The molecule has 0 aliphatic carbocycles. The first-order valence-corrected chi connectivity index (χ1v) is 12.0. The predicted octanol–water partition coefficient (Wildman–Crippen LogP) is 3.90. The molecule has 4 rings (SSSR count). The van der Waals surface area contributed by atoms with E-state index in [1.165, 1.54) is 21.8 Å². The van der Waals surface area contributed by atoms with Gasteiger partial charge in [-0.3, -0.25) is 4.79 Å². The molecule has 0 fully saturated rings. The fourth-order valence-corrected chi connectivity index (χ4v) is 5.49. The number of carbonyl (C=O) groups excluding carboxylic acids is 2. The second-order valence-corrected chi connectivity index (χ2v) is 9.41. The van der Waals surface area contributed by atoms with Crippen molar-refractivity contribution in [3.05, 3.63) is 86.8 Å². The normalized spacial score (nSPS) is 15.1. The molecular formula is C25H26ClN2O3S+. The number of fused-ring (bicyclic) bond motifs is 1. The number of thiophene rings is 1. The highest BCUT2D eigenvalue weighted by atomic mass is 35.5.